The first-order chi connectivity index (χ1) is 9.13. The number of unbranched alkanes of at least 4 members (excludes halogenated alkanes) is 1. The smallest absolute Gasteiger partial charge is 0.178 e. The molecule has 0 N–H and O–H groups in total. The third kappa shape index (κ3) is 3.38. The summed E-state index contributed by atoms with van der Waals surface area (Å²) in [4.78, 5) is 0.217. The molecular weight excluding hydrogens is 266 g/mol. The van der Waals surface area contributed by atoms with Crippen LogP contribution in [-0.4, -0.2) is 27.4 Å². The van der Waals surface area contributed by atoms with Gasteiger partial charge in [0, 0.05) is 18.9 Å². The molecule has 2 rings (SSSR count). The Balaban J connectivity index is 2.21. The molecule has 0 unspecified atom stereocenters. The van der Waals surface area contributed by atoms with Crippen LogP contribution in [-0.2, 0) is 9.84 Å². The van der Waals surface area contributed by atoms with Crippen LogP contribution in [0.15, 0.2) is 23.1 Å². The van der Waals surface area contributed by atoms with E-state index in [2.05, 4.69) is 0 Å². The monoisotopic (exact) mass is 281 g/mol. The fourth-order valence-corrected chi connectivity index (χ4v) is 3.12. The number of nitriles is 1. The number of sulfone groups is 1. The lowest BCUT2D eigenvalue weighted by Crippen LogP contribution is -2.07. The lowest BCUT2D eigenvalue weighted by atomic mass is 10.3. The molecule has 0 aliphatic carbocycles. The van der Waals surface area contributed by atoms with Crippen LogP contribution >= 0.6 is 0 Å². The van der Waals surface area contributed by atoms with Crippen molar-refractivity contribution >= 4 is 9.84 Å². The van der Waals surface area contributed by atoms with E-state index >= 15 is 0 Å². The normalized spacial score (nSPS) is 14.5. The predicted molar refractivity (Wildman–Crippen MR) is 68.9 cm³/mol. The zero-order valence-corrected chi connectivity index (χ0v) is 11.3. The van der Waals surface area contributed by atoms with Crippen molar-refractivity contribution < 1.29 is 17.9 Å². The van der Waals surface area contributed by atoms with Crippen LogP contribution in [0, 0.1) is 11.3 Å². The topological polar surface area (TPSA) is 76.4 Å². The second-order valence-corrected chi connectivity index (χ2v) is 6.35. The number of hydrogen-bond donors (Lipinski definition) is 0. The van der Waals surface area contributed by atoms with Gasteiger partial charge < -0.3 is 9.47 Å². The van der Waals surface area contributed by atoms with Gasteiger partial charge in [-0.05, 0) is 18.6 Å². The number of fused-ring (bicyclic) bond motifs is 1. The van der Waals surface area contributed by atoms with E-state index in [9.17, 15) is 8.42 Å². The number of nitrogens with zero attached hydrogens (tertiary/aromatic N) is 1. The molecule has 0 aromatic heterocycles. The molecule has 19 heavy (non-hydrogen) atoms. The highest BCUT2D eigenvalue weighted by Gasteiger charge is 2.18. The molecule has 0 atom stereocenters. The molecule has 1 aromatic carbocycles. The van der Waals surface area contributed by atoms with Gasteiger partial charge in [0.05, 0.1) is 29.9 Å². The number of benzene rings is 1. The first kappa shape index (κ1) is 13.7. The van der Waals surface area contributed by atoms with Gasteiger partial charge in [0.15, 0.2) is 21.3 Å². The van der Waals surface area contributed by atoms with Crippen LogP contribution in [0.4, 0.5) is 0 Å². The maximum absolute atomic E-state index is 12.1. The minimum absolute atomic E-state index is 0.0276. The van der Waals surface area contributed by atoms with Gasteiger partial charge in [0.1, 0.15) is 0 Å². The van der Waals surface area contributed by atoms with Crippen LogP contribution in [0.1, 0.15) is 19.3 Å². The van der Waals surface area contributed by atoms with Crippen LogP contribution in [0.5, 0.6) is 11.5 Å². The first-order valence-electron chi connectivity index (χ1n) is 6.13. The average molecular weight is 281 g/mol. The Labute approximate surface area is 112 Å². The van der Waals surface area contributed by atoms with E-state index in [0.29, 0.717) is 31.1 Å². The molecule has 0 amide bonds. The highest BCUT2D eigenvalue weighted by atomic mass is 32.2. The second-order valence-electron chi connectivity index (χ2n) is 4.24. The number of hydrogen-bond acceptors (Lipinski definition) is 5. The minimum Gasteiger partial charge on any atom is -0.490 e. The van der Waals surface area contributed by atoms with Crippen LogP contribution in [0.25, 0.3) is 0 Å². The van der Waals surface area contributed by atoms with Gasteiger partial charge in [-0.2, -0.15) is 5.26 Å². The lowest BCUT2D eigenvalue weighted by Gasteiger charge is -2.09. The quantitative estimate of drug-likeness (QED) is 0.788. The van der Waals surface area contributed by atoms with E-state index in [1.165, 1.54) is 12.1 Å². The van der Waals surface area contributed by atoms with Gasteiger partial charge in [-0.1, -0.05) is 0 Å². The van der Waals surface area contributed by atoms with E-state index in [1.807, 2.05) is 6.07 Å². The molecule has 102 valence electrons. The molecule has 0 bridgehead atoms. The summed E-state index contributed by atoms with van der Waals surface area (Å²) in [6, 6.07) is 6.59. The van der Waals surface area contributed by atoms with Crippen molar-refractivity contribution in [1.82, 2.24) is 0 Å². The molecule has 0 fully saturated rings. The van der Waals surface area contributed by atoms with Crippen molar-refractivity contribution in [3.63, 3.8) is 0 Å². The Morgan fingerprint density at radius 3 is 2.68 bits per heavy atom. The highest BCUT2D eigenvalue weighted by molar-refractivity contribution is 7.91. The van der Waals surface area contributed by atoms with Gasteiger partial charge in [-0.3, -0.25) is 0 Å². The van der Waals surface area contributed by atoms with Gasteiger partial charge in [0.25, 0.3) is 0 Å². The Morgan fingerprint density at radius 1 is 1.21 bits per heavy atom. The summed E-state index contributed by atoms with van der Waals surface area (Å²) < 4.78 is 35.1. The molecule has 0 saturated heterocycles. The fraction of sp³-hybridized carbons (Fsp3) is 0.462. The second kappa shape index (κ2) is 5.93. The Bertz CT molecular complexity index is 589. The maximum Gasteiger partial charge on any atom is 0.178 e. The molecule has 1 aromatic rings. The van der Waals surface area contributed by atoms with Gasteiger partial charge in [-0.15, -0.1) is 0 Å². The van der Waals surface area contributed by atoms with Crippen molar-refractivity contribution in [2.45, 2.75) is 24.2 Å². The maximum atomic E-state index is 12.1. The standard InChI is InChI=1S/C13H15NO4S/c14-6-1-2-9-19(15,16)11-4-5-12-13(10-11)18-8-3-7-17-12/h4-5,10H,1-3,7-9H2. The van der Waals surface area contributed by atoms with E-state index < -0.39 is 9.84 Å². The van der Waals surface area contributed by atoms with Gasteiger partial charge in [0.2, 0.25) is 0 Å². The summed E-state index contributed by atoms with van der Waals surface area (Å²) in [6.07, 6.45) is 1.36. The SMILES string of the molecule is N#CCCCS(=O)(=O)c1ccc2c(c1)OCCCO2. The van der Waals surface area contributed by atoms with E-state index in [-0.39, 0.29) is 17.1 Å². The molecule has 6 heteroatoms. The van der Waals surface area contributed by atoms with E-state index in [0.717, 1.165) is 6.42 Å². The Kier molecular flexibility index (Phi) is 4.27. The first-order valence-corrected chi connectivity index (χ1v) is 7.78. The number of rotatable bonds is 4. The Morgan fingerprint density at radius 2 is 1.95 bits per heavy atom. The van der Waals surface area contributed by atoms with Crippen molar-refractivity contribution in [3.05, 3.63) is 18.2 Å². The van der Waals surface area contributed by atoms with Crippen LogP contribution < -0.4 is 9.47 Å². The largest absolute Gasteiger partial charge is 0.490 e. The van der Waals surface area contributed by atoms with Crippen molar-refractivity contribution in [2.75, 3.05) is 19.0 Å². The molecule has 0 spiro atoms. The van der Waals surface area contributed by atoms with Crippen LogP contribution in [0.3, 0.4) is 0 Å². The summed E-state index contributed by atoms with van der Waals surface area (Å²) in [5.74, 6) is 1.02. The lowest BCUT2D eigenvalue weighted by molar-refractivity contribution is 0.297. The van der Waals surface area contributed by atoms with Crippen molar-refractivity contribution in [2.24, 2.45) is 0 Å². The molecule has 1 aliphatic heterocycles. The minimum atomic E-state index is -3.36. The highest BCUT2D eigenvalue weighted by Crippen LogP contribution is 2.32. The average Bonchev–Trinajstić information content (AvgIpc) is 2.63. The summed E-state index contributed by atoms with van der Waals surface area (Å²) >= 11 is 0. The summed E-state index contributed by atoms with van der Waals surface area (Å²) in [6.45, 7) is 1.09. The molecule has 1 heterocycles. The molecule has 5 nitrogen and oxygen atoms in total. The number of ether oxygens (including phenoxy) is 2. The van der Waals surface area contributed by atoms with E-state index in [4.69, 9.17) is 14.7 Å². The summed E-state index contributed by atoms with van der Waals surface area (Å²) in [5, 5.41) is 8.44. The van der Waals surface area contributed by atoms with Gasteiger partial charge in [-0.25, -0.2) is 8.42 Å². The fourth-order valence-electron chi connectivity index (χ4n) is 1.80. The Hall–Kier alpha value is -1.74. The third-order valence-electron chi connectivity index (χ3n) is 2.78. The van der Waals surface area contributed by atoms with E-state index in [1.54, 1.807) is 6.07 Å². The van der Waals surface area contributed by atoms with Crippen molar-refractivity contribution in [1.29, 1.82) is 5.26 Å². The molecular formula is C13H15NO4S. The zero-order chi connectivity index (χ0) is 13.7. The third-order valence-corrected chi connectivity index (χ3v) is 4.58. The van der Waals surface area contributed by atoms with Crippen molar-refractivity contribution in [3.8, 4) is 17.6 Å². The predicted octanol–water partition coefficient (Wildman–Crippen LogP) is 1.93. The zero-order valence-electron chi connectivity index (χ0n) is 10.5. The summed E-state index contributed by atoms with van der Waals surface area (Å²) in [7, 11) is -3.36. The molecule has 1 aliphatic rings. The van der Waals surface area contributed by atoms with Crippen LogP contribution in [0.2, 0.25) is 0 Å². The molecule has 0 radical (unpaired) electrons. The summed E-state index contributed by atoms with van der Waals surface area (Å²) in [5.41, 5.74) is 0. The molecule has 0 saturated carbocycles. The van der Waals surface area contributed by atoms with Gasteiger partial charge >= 0.3 is 0 Å².